The van der Waals surface area contributed by atoms with Crippen molar-refractivity contribution in [2.75, 3.05) is 13.1 Å². The summed E-state index contributed by atoms with van der Waals surface area (Å²) in [6, 6.07) is 12.2. The molecule has 2 heterocycles. The molecule has 0 bridgehead atoms. The molecule has 31 heavy (non-hydrogen) atoms. The summed E-state index contributed by atoms with van der Waals surface area (Å²) in [5, 5.41) is 3.13. The van der Waals surface area contributed by atoms with E-state index >= 15 is 0 Å². The van der Waals surface area contributed by atoms with Crippen LogP contribution in [0.2, 0.25) is 0 Å². The number of fused-ring (bicyclic) bond motifs is 1. The van der Waals surface area contributed by atoms with E-state index in [0.717, 1.165) is 23.4 Å². The lowest BCUT2D eigenvalue weighted by molar-refractivity contribution is -0.127. The van der Waals surface area contributed by atoms with Gasteiger partial charge in [0.05, 0.1) is 16.9 Å². The largest absolute Gasteiger partial charge is 0.487 e. The average molecular weight is 447 g/mol. The van der Waals surface area contributed by atoms with Crippen LogP contribution in [-0.2, 0) is 14.8 Å². The molecule has 1 fully saturated rings. The molecular weight excluding hydrogens is 419 g/mol. The first-order chi connectivity index (χ1) is 14.7. The number of carbonyl (C=O) groups is 1. The van der Waals surface area contributed by atoms with Gasteiger partial charge >= 0.3 is 0 Å². The van der Waals surface area contributed by atoms with Gasteiger partial charge in [0.25, 0.3) is 0 Å². The molecule has 1 saturated heterocycles. The number of nitrogens with zero attached hydrogens (tertiary/aromatic N) is 1. The molecule has 0 aliphatic carbocycles. The van der Waals surface area contributed by atoms with Gasteiger partial charge in [0, 0.05) is 25.1 Å². The summed E-state index contributed by atoms with van der Waals surface area (Å²) in [6.45, 7) is 4.43. The molecule has 6 nitrogen and oxygen atoms in total. The van der Waals surface area contributed by atoms with E-state index in [1.54, 1.807) is 0 Å². The number of ether oxygens (including phenoxy) is 1. The van der Waals surface area contributed by atoms with Gasteiger partial charge in [-0.3, -0.25) is 4.79 Å². The SMILES string of the molecule is CC1(C)C[C@@H](NC(=O)[C@@H]2CCCN(S(=O)(=O)c3ccc(F)cc3)C2)c2ccccc2O1. The Bertz CT molecular complexity index is 1070. The zero-order valence-electron chi connectivity index (χ0n) is 17.7. The van der Waals surface area contributed by atoms with Crippen molar-refractivity contribution in [3.05, 3.63) is 59.9 Å². The summed E-state index contributed by atoms with van der Waals surface area (Å²) in [6.07, 6.45) is 1.84. The van der Waals surface area contributed by atoms with Crippen LogP contribution in [0.25, 0.3) is 0 Å². The van der Waals surface area contributed by atoms with E-state index in [1.165, 1.54) is 16.4 Å². The molecule has 2 aromatic carbocycles. The van der Waals surface area contributed by atoms with Crippen molar-refractivity contribution in [1.82, 2.24) is 9.62 Å². The molecule has 0 aromatic heterocycles. The van der Waals surface area contributed by atoms with E-state index in [9.17, 15) is 17.6 Å². The number of para-hydroxylation sites is 1. The molecule has 166 valence electrons. The van der Waals surface area contributed by atoms with E-state index in [1.807, 2.05) is 38.1 Å². The summed E-state index contributed by atoms with van der Waals surface area (Å²) in [4.78, 5) is 13.2. The highest BCUT2D eigenvalue weighted by atomic mass is 32.2. The standard InChI is InChI=1S/C23H27FN2O4S/c1-23(2)14-20(19-7-3-4-8-21(19)30-23)25-22(27)16-6-5-13-26(15-16)31(28,29)18-11-9-17(24)10-12-18/h3-4,7-12,16,20H,5-6,13-15H2,1-2H3,(H,25,27)/t16-,20-/m1/s1. The van der Waals surface area contributed by atoms with Crippen molar-refractivity contribution < 1.29 is 22.3 Å². The molecule has 1 N–H and O–H groups in total. The maximum atomic E-state index is 13.2. The third-order valence-electron chi connectivity index (χ3n) is 5.90. The maximum Gasteiger partial charge on any atom is 0.243 e. The van der Waals surface area contributed by atoms with Crippen molar-refractivity contribution >= 4 is 15.9 Å². The first kappa shape index (κ1) is 21.8. The molecular formula is C23H27FN2O4S. The monoisotopic (exact) mass is 446 g/mol. The fourth-order valence-corrected chi connectivity index (χ4v) is 5.87. The van der Waals surface area contributed by atoms with Crippen LogP contribution in [0, 0.1) is 11.7 Å². The van der Waals surface area contributed by atoms with Crippen LogP contribution in [-0.4, -0.2) is 37.3 Å². The zero-order chi connectivity index (χ0) is 22.2. The van der Waals surface area contributed by atoms with Crippen LogP contribution < -0.4 is 10.1 Å². The van der Waals surface area contributed by atoms with Crippen molar-refractivity contribution in [2.24, 2.45) is 5.92 Å². The third-order valence-corrected chi connectivity index (χ3v) is 7.78. The number of hydrogen-bond acceptors (Lipinski definition) is 4. The second-order valence-electron chi connectivity index (χ2n) is 8.82. The van der Waals surface area contributed by atoms with Gasteiger partial charge in [-0.2, -0.15) is 4.31 Å². The molecule has 2 atom stereocenters. The number of amides is 1. The lowest BCUT2D eigenvalue weighted by Gasteiger charge is -2.39. The first-order valence-corrected chi connectivity index (χ1v) is 11.9. The first-order valence-electron chi connectivity index (χ1n) is 10.5. The molecule has 0 spiro atoms. The Labute approximate surface area is 182 Å². The van der Waals surface area contributed by atoms with Crippen molar-refractivity contribution in [1.29, 1.82) is 0 Å². The number of hydrogen-bond donors (Lipinski definition) is 1. The Hall–Kier alpha value is -2.45. The van der Waals surface area contributed by atoms with Crippen molar-refractivity contribution in [3.8, 4) is 5.75 Å². The molecule has 4 rings (SSSR count). The molecule has 1 amide bonds. The van der Waals surface area contributed by atoms with Gasteiger partial charge in [0.15, 0.2) is 0 Å². The van der Waals surface area contributed by atoms with Crippen LogP contribution >= 0.6 is 0 Å². The molecule has 0 radical (unpaired) electrons. The highest BCUT2D eigenvalue weighted by Crippen LogP contribution is 2.39. The van der Waals surface area contributed by atoms with Crippen LogP contribution in [0.5, 0.6) is 5.75 Å². The summed E-state index contributed by atoms with van der Waals surface area (Å²) in [5.41, 5.74) is 0.512. The number of benzene rings is 2. The minimum absolute atomic E-state index is 0.0371. The van der Waals surface area contributed by atoms with Crippen molar-refractivity contribution in [3.63, 3.8) is 0 Å². The topological polar surface area (TPSA) is 75.7 Å². The van der Waals surface area contributed by atoms with E-state index in [4.69, 9.17) is 4.74 Å². The summed E-state index contributed by atoms with van der Waals surface area (Å²) >= 11 is 0. The fraction of sp³-hybridized carbons (Fsp3) is 0.435. The highest BCUT2D eigenvalue weighted by Gasteiger charge is 2.37. The van der Waals surface area contributed by atoms with Crippen molar-refractivity contribution in [2.45, 2.75) is 49.6 Å². The quantitative estimate of drug-likeness (QED) is 0.778. The van der Waals surface area contributed by atoms with Crippen LogP contribution in [0.3, 0.4) is 0 Å². The number of nitrogens with one attached hydrogen (secondary N) is 1. The Kier molecular flexibility index (Phi) is 5.79. The highest BCUT2D eigenvalue weighted by molar-refractivity contribution is 7.89. The number of rotatable bonds is 4. The molecule has 2 aliphatic rings. The lowest BCUT2D eigenvalue weighted by atomic mass is 9.89. The van der Waals surface area contributed by atoms with Gasteiger partial charge in [-0.25, -0.2) is 12.8 Å². The van der Waals surface area contributed by atoms with E-state index in [-0.39, 0.29) is 23.4 Å². The number of carbonyl (C=O) groups excluding carboxylic acids is 1. The Morgan fingerprint density at radius 1 is 1.16 bits per heavy atom. The average Bonchev–Trinajstić information content (AvgIpc) is 2.73. The Balaban J connectivity index is 1.49. The van der Waals surface area contributed by atoms with Gasteiger partial charge < -0.3 is 10.1 Å². The summed E-state index contributed by atoms with van der Waals surface area (Å²) in [7, 11) is -3.78. The molecule has 2 aliphatic heterocycles. The minimum Gasteiger partial charge on any atom is -0.487 e. The second-order valence-corrected chi connectivity index (χ2v) is 10.8. The minimum atomic E-state index is -3.78. The van der Waals surface area contributed by atoms with Gasteiger partial charge in [0.1, 0.15) is 17.2 Å². The van der Waals surface area contributed by atoms with Gasteiger partial charge in [-0.05, 0) is 57.0 Å². The Morgan fingerprint density at radius 3 is 2.61 bits per heavy atom. The molecule has 0 unspecified atom stereocenters. The molecule has 2 aromatic rings. The molecule has 0 saturated carbocycles. The third kappa shape index (κ3) is 4.60. The number of halogens is 1. The normalized spacial score (nSPS) is 23.5. The van der Waals surface area contributed by atoms with E-state index < -0.39 is 27.4 Å². The van der Waals surface area contributed by atoms with Gasteiger partial charge in [-0.15, -0.1) is 0 Å². The van der Waals surface area contributed by atoms with E-state index in [2.05, 4.69) is 5.32 Å². The second kappa shape index (κ2) is 8.24. The van der Waals surface area contributed by atoms with E-state index in [0.29, 0.717) is 25.8 Å². The smallest absolute Gasteiger partial charge is 0.243 e. The van der Waals surface area contributed by atoms with Crippen LogP contribution in [0.4, 0.5) is 4.39 Å². The number of piperidine rings is 1. The van der Waals surface area contributed by atoms with Gasteiger partial charge in [0.2, 0.25) is 15.9 Å². The predicted octanol–water partition coefficient (Wildman–Crippen LogP) is 3.65. The number of sulfonamides is 1. The summed E-state index contributed by atoms with van der Waals surface area (Å²) in [5.74, 6) is -0.332. The molecule has 8 heteroatoms. The lowest BCUT2D eigenvalue weighted by Crippen LogP contribution is -2.48. The Morgan fingerprint density at radius 2 is 1.87 bits per heavy atom. The fourth-order valence-electron chi connectivity index (χ4n) is 4.35. The summed E-state index contributed by atoms with van der Waals surface area (Å²) < 4.78 is 46.5. The van der Waals surface area contributed by atoms with Crippen LogP contribution in [0.1, 0.15) is 44.7 Å². The maximum absolute atomic E-state index is 13.2. The zero-order valence-corrected chi connectivity index (χ0v) is 18.5. The van der Waals surface area contributed by atoms with Crippen LogP contribution in [0.15, 0.2) is 53.4 Å². The predicted molar refractivity (Wildman–Crippen MR) is 115 cm³/mol. The van der Waals surface area contributed by atoms with Gasteiger partial charge in [-0.1, -0.05) is 18.2 Å².